The van der Waals surface area contributed by atoms with E-state index < -0.39 is 5.97 Å². The first-order chi connectivity index (χ1) is 14.5. The molecule has 1 heterocycles. The summed E-state index contributed by atoms with van der Waals surface area (Å²) in [5, 5.41) is 0.468. The number of benzene rings is 3. The van der Waals surface area contributed by atoms with Crippen LogP contribution in [0.25, 0.3) is 6.08 Å². The molecule has 4 nitrogen and oxygen atoms in total. The standard InChI is InChI=1S/C23H14Br2ClNO3/c24-17-10-15(11-18(25)21(17)29-13-14-6-2-1-3-7-14)12-20-23(28)30-22(27-20)16-8-4-5-9-19(16)26/h1-12H,13H2/b20-12-. The number of esters is 1. The van der Waals surface area contributed by atoms with Gasteiger partial charge in [0.2, 0.25) is 5.90 Å². The number of rotatable bonds is 5. The van der Waals surface area contributed by atoms with Gasteiger partial charge in [0.1, 0.15) is 12.4 Å². The minimum atomic E-state index is -0.526. The van der Waals surface area contributed by atoms with Gasteiger partial charge in [0.25, 0.3) is 0 Å². The van der Waals surface area contributed by atoms with E-state index in [0.717, 1.165) is 20.1 Å². The molecule has 0 amide bonds. The molecule has 0 saturated carbocycles. The zero-order chi connectivity index (χ0) is 21.1. The quantitative estimate of drug-likeness (QED) is 0.261. The van der Waals surface area contributed by atoms with Gasteiger partial charge in [0.15, 0.2) is 5.70 Å². The van der Waals surface area contributed by atoms with Gasteiger partial charge in [0, 0.05) is 0 Å². The summed E-state index contributed by atoms with van der Waals surface area (Å²) < 4.78 is 12.7. The Hall–Kier alpha value is -2.41. The molecule has 0 bridgehead atoms. The smallest absolute Gasteiger partial charge is 0.363 e. The van der Waals surface area contributed by atoms with E-state index in [2.05, 4.69) is 36.9 Å². The maximum atomic E-state index is 12.3. The molecule has 0 saturated heterocycles. The van der Waals surface area contributed by atoms with E-state index in [4.69, 9.17) is 21.1 Å². The number of carbonyl (C=O) groups is 1. The fourth-order valence-corrected chi connectivity index (χ4v) is 4.51. The fraction of sp³-hybridized carbons (Fsp3) is 0.0435. The molecule has 1 aliphatic rings. The highest BCUT2D eigenvalue weighted by Crippen LogP contribution is 2.36. The van der Waals surface area contributed by atoms with Crippen molar-refractivity contribution < 1.29 is 14.3 Å². The molecule has 3 aromatic rings. The van der Waals surface area contributed by atoms with Crippen LogP contribution in [0.5, 0.6) is 5.75 Å². The molecular formula is C23H14Br2ClNO3. The van der Waals surface area contributed by atoms with E-state index in [-0.39, 0.29) is 11.6 Å². The molecule has 0 aliphatic carbocycles. The molecule has 150 valence electrons. The Morgan fingerprint density at radius 2 is 1.67 bits per heavy atom. The zero-order valence-corrected chi connectivity index (χ0v) is 19.4. The van der Waals surface area contributed by atoms with Gasteiger partial charge in [-0.15, -0.1) is 0 Å². The number of halogens is 3. The highest BCUT2D eigenvalue weighted by Gasteiger charge is 2.25. The highest BCUT2D eigenvalue weighted by atomic mass is 79.9. The Morgan fingerprint density at radius 1 is 1.00 bits per heavy atom. The molecule has 0 aromatic heterocycles. The summed E-state index contributed by atoms with van der Waals surface area (Å²) in [5.74, 6) is 0.342. The largest absolute Gasteiger partial charge is 0.487 e. The van der Waals surface area contributed by atoms with Crippen molar-refractivity contribution in [2.75, 3.05) is 0 Å². The Labute approximate surface area is 195 Å². The second-order valence-electron chi connectivity index (χ2n) is 6.40. The number of nitrogens with zero attached hydrogens (tertiary/aromatic N) is 1. The topological polar surface area (TPSA) is 47.9 Å². The normalized spacial score (nSPS) is 14.6. The summed E-state index contributed by atoms with van der Waals surface area (Å²) >= 11 is 13.3. The number of hydrogen-bond acceptors (Lipinski definition) is 4. The Kier molecular flexibility index (Phi) is 6.37. The van der Waals surface area contributed by atoms with E-state index in [0.29, 0.717) is 22.9 Å². The molecule has 0 atom stereocenters. The van der Waals surface area contributed by atoms with Crippen LogP contribution in [-0.4, -0.2) is 11.9 Å². The van der Waals surface area contributed by atoms with Crippen molar-refractivity contribution >= 4 is 61.4 Å². The molecule has 0 spiro atoms. The van der Waals surface area contributed by atoms with Crippen LogP contribution in [0.15, 0.2) is 86.4 Å². The molecule has 4 rings (SSSR count). The first kappa shape index (κ1) is 20.8. The lowest BCUT2D eigenvalue weighted by Gasteiger charge is -2.11. The Balaban J connectivity index is 1.58. The fourth-order valence-electron chi connectivity index (χ4n) is 2.85. The van der Waals surface area contributed by atoms with E-state index in [9.17, 15) is 4.79 Å². The summed E-state index contributed by atoms with van der Waals surface area (Å²) in [6.45, 7) is 0.441. The zero-order valence-electron chi connectivity index (χ0n) is 15.4. The molecule has 30 heavy (non-hydrogen) atoms. The number of ether oxygens (including phenoxy) is 2. The van der Waals surface area contributed by atoms with Crippen LogP contribution < -0.4 is 4.74 Å². The number of carbonyl (C=O) groups excluding carboxylic acids is 1. The van der Waals surface area contributed by atoms with Crippen molar-refractivity contribution in [1.82, 2.24) is 0 Å². The lowest BCUT2D eigenvalue weighted by molar-refractivity contribution is -0.129. The second kappa shape index (κ2) is 9.16. The Bertz CT molecular complexity index is 1150. The molecule has 0 N–H and O–H groups in total. The average Bonchev–Trinajstić information content (AvgIpc) is 3.08. The third-order valence-electron chi connectivity index (χ3n) is 4.27. The Morgan fingerprint density at radius 3 is 2.37 bits per heavy atom. The summed E-state index contributed by atoms with van der Waals surface area (Å²) in [6, 6.07) is 20.7. The van der Waals surface area contributed by atoms with Crippen LogP contribution in [0.1, 0.15) is 16.7 Å². The predicted octanol–water partition coefficient (Wildman–Crippen LogP) is 6.79. The van der Waals surface area contributed by atoms with Crippen LogP contribution in [0.4, 0.5) is 0 Å². The highest BCUT2D eigenvalue weighted by molar-refractivity contribution is 9.11. The van der Waals surface area contributed by atoms with E-state index in [1.54, 1.807) is 24.3 Å². The molecular weight excluding hydrogens is 534 g/mol. The van der Waals surface area contributed by atoms with Gasteiger partial charge in [-0.05, 0) is 73.3 Å². The molecule has 7 heteroatoms. The lowest BCUT2D eigenvalue weighted by atomic mass is 10.2. The van der Waals surface area contributed by atoms with Crippen LogP contribution in [0, 0.1) is 0 Å². The van der Waals surface area contributed by atoms with E-state index in [1.165, 1.54) is 0 Å². The second-order valence-corrected chi connectivity index (χ2v) is 8.52. The number of aliphatic imine (C=N–C) groups is 1. The summed E-state index contributed by atoms with van der Waals surface area (Å²) in [4.78, 5) is 16.6. The minimum Gasteiger partial charge on any atom is -0.487 e. The molecule has 0 fully saturated rings. The minimum absolute atomic E-state index is 0.192. The van der Waals surface area contributed by atoms with Gasteiger partial charge < -0.3 is 9.47 Å². The third-order valence-corrected chi connectivity index (χ3v) is 5.78. The number of hydrogen-bond donors (Lipinski definition) is 0. The average molecular weight is 548 g/mol. The van der Waals surface area contributed by atoms with Gasteiger partial charge in [-0.25, -0.2) is 9.79 Å². The van der Waals surface area contributed by atoms with Crippen molar-refractivity contribution in [3.63, 3.8) is 0 Å². The van der Waals surface area contributed by atoms with E-state index >= 15 is 0 Å². The maximum absolute atomic E-state index is 12.3. The van der Waals surface area contributed by atoms with Gasteiger partial charge in [-0.2, -0.15) is 0 Å². The maximum Gasteiger partial charge on any atom is 0.363 e. The van der Waals surface area contributed by atoms with Gasteiger partial charge in [0.05, 0.1) is 19.5 Å². The SMILES string of the molecule is O=C1OC(c2ccccc2Cl)=N/C1=C\c1cc(Br)c(OCc2ccccc2)c(Br)c1. The summed E-state index contributed by atoms with van der Waals surface area (Å²) in [7, 11) is 0. The monoisotopic (exact) mass is 545 g/mol. The van der Waals surface area contributed by atoms with Crippen molar-refractivity contribution in [1.29, 1.82) is 0 Å². The molecule has 3 aromatic carbocycles. The van der Waals surface area contributed by atoms with Crippen LogP contribution in [-0.2, 0) is 16.1 Å². The first-order valence-electron chi connectivity index (χ1n) is 8.94. The number of cyclic esters (lactones) is 1. The third kappa shape index (κ3) is 4.67. The van der Waals surface area contributed by atoms with Crippen LogP contribution in [0.2, 0.25) is 5.02 Å². The van der Waals surface area contributed by atoms with Gasteiger partial charge in [-0.3, -0.25) is 0 Å². The predicted molar refractivity (Wildman–Crippen MR) is 125 cm³/mol. The summed E-state index contributed by atoms with van der Waals surface area (Å²) in [5.41, 5.74) is 2.60. The lowest BCUT2D eigenvalue weighted by Crippen LogP contribution is -2.05. The van der Waals surface area contributed by atoms with Crippen LogP contribution in [0.3, 0.4) is 0 Å². The van der Waals surface area contributed by atoms with Crippen molar-refractivity contribution in [2.45, 2.75) is 6.61 Å². The molecule has 0 unspecified atom stereocenters. The van der Waals surface area contributed by atoms with Crippen molar-refractivity contribution in [3.8, 4) is 5.75 Å². The van der Waals surface area contributed by atoms with Crippen molar-refractivity contribution in [3.05, 3.63) is 103 Å². The molecule has 1 aliphatic heterocycles. The first-order valence-corrected chi connectivity index (χ1v) is 10.9. The van der Waals surface area contributed by atoms with Gasteiger partial charge >= 0.3 is 5.97 Å². The van der Waals surface area contributed by atoms with Crippen molar-refractivity contribution in [2.24, 2.45) is 4.99 Å². The van der Waals surface area contributed by atoms with Crippen LogP contribution >= 0.6 is 43.5 Å². The van der Waals surface area contributed by atoms with E-state index in [1.807, 2.05) is 48.5 Å². The van der Waals surface area contributed by atoms with Gasteiger partial charge in [-0.1, -0.05) is 54.1 Å². The molecule has 0 radical (unpaired) electrons. The summed E-state index contributed by atoms with van der Waals surface area (Å²) in [6.07, 6.45) is 1.66.